The van der Waals surface area contributed by atoms with Crippen LogP contribution in [0.2, 0.25) is 15.1 Å². The Kier molecular flexibility index (Phi) is 10.3. The van der Waals surface area contributed by atoms with E-state index >= 15 is 0 Å². The molecule has 30 heavy (non-hydrogen) atoms. The standard InChI is InChI=1S/C19H17Cl3N2OS.HNO3/c20-15-3-1-14(2-4-15)11-25-12-17(10-24-8-7-23-13-24)26-16-5-6-18(21)19(22)9-16;2-1(3)4/h1-9,13,17H,10-12H2;(H,2,3,4). The van der Waals surface area contributed by atoms with Crippen molar-refractivity contribution in [1.82, 2.24) is 9.55 Å². The van der Waals surface area contributed by atoms with E-state index in [1.54, 1.807) is 18.0 Å². The van der Waals surface area contributed by atoms with Crippen LogP contribution in [-0.4, -0.2) is 31.7 Å². The number of aromatic nitrogens is 2. The topological polar surface area (TPSA) is 90.4 Å². The van der Waals surface area contributed by atoms with Crippen LogP contribution in [0.15, 0.2) is 66.1 Å². The van der Waals surface area contributed by atoms with E-state index in [4.69, 9.17) is 54.9 Å². The van der Waals surface area contributed by atoms with Gasteiger partial charge in [0, 0.05) is 28.9 Å². The number of halogens is 3. The summed E-state index contributed by atoms with van der Waals surface area (Å²) in [7, 11) is 0. The third-order valence-corrected chi connectivity index (χ3v) is 5.79. The van der Waals surface area contributed by atoms with Crippen molar-refractivity contribution >= 4 is 46.6 Å². The van der Waals surface area contributed by atoms with Gasteiger partial charge in [0.05, 0.1) is 34.8 Å². The van der Waals surface area contributed by atoms with Crippen molar-refractivity contribution in [2.24, 2.45) is 0 Å². The molecule has 160 valence electrons. The van der Waals surface area contributed by atoms with Gasteiger partial charge in [-0.1, -0.05) is 46.9 Å². The molecule has 1 N–H and O–H groups in total. The molecule has 0 amide bonds. The molecular weight excluding hydrogens is 473 g/mol. The highest BCUT2D eigenvalue weighted by molar-refractivity contribution is 8.00. The molecule has 2 aromatic carbocycles. The molecule has 3 aromatic rings. The normalized spacial score (nSPS) is 11.4. The first-order chi connectivity index (χ1) is 14.3. The summed E-state index contributed by atoms with van der Waals surface area (Å²) in [4.78, 5) is 13.5. The molecule has 0 aliphatic heterocycles. The maximum atomic E-state index is 8.36. The lowest BCUT2D eigenvalue weighted by Gasteiger charge is -2.18. The van der Waals surface area contributed by atoms with Gasteiger partial charge in [0.25, 0.3) is 5.09 Å². The second-order valence-electron chi connectivity index (χ2n) is 5.95. The summed E-state index contributed by atoms with van der Waals surface area (Å²) in [6.45, 7) is 1.91. The smallest absolute Gasteiger partial charge is 0.291 e. The van der Waals surface area contributed by atoms with Gasteiger partial charge >= 0.3 is 0 Å². The summed E-state index contributed by atoms with van der Waals surface area (Å²) in [5.74, 6) is 0. The van der Waals surface area contributed by atoms with Crippen LogP contribution in [0.4, 0.5) is 0 Å². The Balaban J connectivity index is 0.000000735. The van der Waals surface area contributed by atoms with Crippen molar-refractivity contribution in [3.63, 3.8) is 0 Å². The minimum Gasteiger partial charge on any atom is -0.376 e. The van der Waals surface area contributed by atoms with Gasteiger partial charge in [-0.25, -0.2) is 4.98 Å². The average Bonchev–Trinajstić information content (AvgIpc) is 3.19. The molecule has 0 spiro atoms. The maximum Gasteiger partial charge on any atom is 0.291 e. The molecule has 0 radical (unpaired) electrons. The molecule has 3 rings (SSSR count). The van der Waals surface area contributed by atoms with E-state index in [1.165, 1.54) is 0 Å². The largest absolute Gasteiger partial charge is 0.376 e. The fraction of sp³-hybridized carbons (Fsp3) is 0.211. The second kappa shape index (κ2) is 12.7. The molecular formula is C19H18Cl3N3O4S. The van der Waals surface area contributed by atoms with Gasteiger partial charge in [0.15, 0.2) is 0 Å². The number of hydrogen-bond donors (Lipinski definition) is 1. The lowest BCUT2D eigenvalue weighted by molar-refractivity contribution is -0.742. The van der Waals surface area contributed by atoms with Crippen molar-refractivity contribution in [2.45, 2.75) is 23.3 Å². The minimum absolute atomic E-state index is 0.203. The van der Waals surface area contributed by atoms with Gasteiger partial charge in [0.1, 0.15) is 0 Å². The number of hydrogen-bond acceptors (Lipinski definition) is 5. The van der Waals surface area contributed by atoms with Crippen LogP contribution in [0, 0.1) is 10.1 Å². The van der Waals surface area contributed by atoms with Crippen molar-refractivity contribution in [3.8, 4) is 0 Å². The highest BCUT2D eigenvalue weighted by atomic mass is 35.5. The lowest BCUT2D eigenvalue weighted by Crippen LogP contribution is -2.18. The zero-order valence-electron chi connectivity index (χ0n) is 15.5. The van der Waals surface area contributed by atoms with Gasteiger partial charge in [-0.05, 0) is 35.9 Å². The Morgan fingerprint density at radius 1 is 1.17 bits per heavy atom. The third kappa shape index (κ3) is 9.23. The molecule has 0 aliphatic carbocycles. The molecule has 0 aliphatic rings. The summed E-state index contributed by atoms with van der Waals surface area (Å²) in [6, 6.07) is 13.3. The SMILES string of the molecule is Clc1ccc(COCC(Cn2ccnc2)Sc2ccc(Cl)c(Cl)c2)cc1.O=[N+]([O-])O. The van der Waals surface area contributed by atoms with Crippen LogP contribution in [0.3, 0.4) is 0 Å². The molecule has 0 bridgehead atoms. The van der Waals surface area contributed by atoms with E-state index in [0.29, 0.717) is 23.3 Å². The summed E-state index contributed by atoms with van der Waals surface area (Å²) in [6.07, 6.45) is 5.53. The Morgan fingerprint density at radius 2 is 1.87 bits per heavy atom. The summed E-state index contributed by atoms with van der Waals surface area (Å²) < 4.78 is 7.98. The maximum absolute atomic E-state index is 8.36. The van der Waals surface area contributed by atoms with Crippen LogP contribution in [0.1, 0.15) is 5.56 Å². The van der Waals surface area contributed by atoms with Gasteiger partial charge < -0.3 is 14.5 Å². The second-order valence-corrected chi connectivity index (χ2v) is 8.58. The van der Waals surface area contributed by atoms with E-state index in [1.807, 2.05) is 59.6 Å². The summed E-state index contributed by atoms with van der Waals surface area (Å²) in [5, 5.41) is 15.7. The van der Waals surface area contributed by atoms with E-state index in [-0.39, 0.29) is 5.25 Å². The molecule has 11 heteroatoms. The van der Waals surface area contributed by atoms with E-state index in [0.717, 1.165) is 22.0 Å². The van der Waals surface area contributed by atoms with Crippen LogP contribution in [0.25, 0.3) is 0 Å². The van der Waals surface area contributed by atoms with Crippen molar-refractivity contribution < 1.29 is 15.0 Å². The molecule has 1 unspecified atom stereocenters. The van der Waals surface area contributed by atoms with Gasteiger partial charge in [-0.15, -0.1) is 21.9 Å². The third-order valence-electron chi connectivity index (χ3n) is 3.65. The Hall–Kier alpha value is -1.97. The highest BCUT2D eigenvalue weighted by Crippen LogP contribution is 2.31. The summed E-state index contributed by atoms with van der Waals surface area (Å²) >= 11 is 19.8. The van der Waals surface area contributed by atoms with Crippen molar-refractivity contribution in [1.29, 1.82) is 0 Å². The van der Waals surface area contributed by atoms with Crippen LogP contribution in [-0.2, 0) is 17.9 Å². The first-order valence-electron chi connectivity index (χ1n) is 8.56. The first kappa shape index (κ1) is 24.3. The predicted molar refractivity (Wildman–Crippen MR) is 118 cm³/mol. The number of nitrogens with zero attached hydrogens (tertiary/aromatic N) is 3. The first-order valence-corrected chi connectivity index (χ1v) is 10.6. The zero-order valence-corrected chi connectivity index (χ0v) is 18.6. The Morgan fingerprint density at radius 3 is 2.47 bits per heavy atom. The van der Waals surface area contributed by atoms with Gasteiger partial charge in [-0.3, -0.25) is 0 Å². The van der Waals surface area contributed by atoms with E-state index < -0.39 is 5.09 Å². The average molecular weight is 491 g/mol. The van der Waals surface area contributed by atoms with E-state index in [2.05, 4.69) is 4.98 Å². The molecule has 1 aromatic heterocycles. The molecule has 7 nitrogen and oxygen atoms in total. The number of ether oxygens (including phenoxy) is 1. The molecule has 0 saturated carbocycles. The quantitative estimate of drug-likeness (QED) is 0.241. The van der Waals surface area contributed by atoms with Crippen LogP contribution < -0.4 is 0 Å². The molecule has 1 heterocycles. The Labute approximate surface area is 192 Å². The van der Waals surface area contributed by atoms with E-state index in [9.17, 15) is 0 Å². The van der Waals surface area contributed by atoms with Crippen molar-refractivity contribution in [3.05, 3.63) is 91.9 Å². The highest BCUT2D eigenvalue weighted by Gasteiger charge is 2.13. The molecule has 0 fully saturated rings. The van der Waals surface area contributed by atoms with Crippen LogP contribution in [0.5, 0.6) is 0 Å². The fourth-order valence-corrected chi connectivity index (χ4v) is 4.00. The number of rotatable bonds is 8. The van der Waals surface area contributed by atoms with Gasteiger partial charge in [-0.2, -0.15) is 0 Å². The van der Waals surface area contributed by atoms with Crippen LogP contribution >= 0.6 is 46.6 Å². The van der Waals surface area contributed by atoms with Gasteiger partial charge in [0.2, 0.25) is 0 Å². The van der Waals surface area contributed by atoms with Crippen molar-refractivity contribution in [2.75, 3.05) is 6.61 Å². The summed E-state index contributed by atoms with van der Waals surface area (Å²) in [5.41, 5.74) is 1.09. The fourth-order valence-electron chi connectivity index (χ4n) is 2.39. The lowest BCUT2D eigenvalue weighted by atomic mass is 10.2. The predicted octanol–water partition coefficient (Wildman–Crippen LogP) is 5.87. The number of thioether (sulfide) groups is 1. The number of imidazole rings is 1. The minimum atomic E-state index is -1.50. The Bertz CT molecular complexity index is 923. The zero-order chi connectivity index (χ0) is 21.9. The molecule has 0 saturated heterocycles. The molecule has 1 atom stereocenters. The number of benzene rings is 2. The monoisotopic (exact) mass is 489 g/mol.